The van der Waals surface area contributed by atoms with Crippen molar-refractivity contribution >= 4 is 47.2 Å². The molecule has 1 atom stereocenters. The Morgan fingerprint density at radius 3 is 2.23 bits per heavy atom. The molecule has 2 aromatic carbocycles. The molecule has 11 nitrogen and oxygen atoms in total. The van der Waals surface area contributed by atoms with Crippen LogP contribution in [0.1, 0.15) is 31.1 Å². The largest absolute Gasteiger partial charge is 0.497 e. The summed E-state index contributed by atoms with van der Waals surface area (Å²) >= 11 is 0. The molecule has 1 heterocycles. The number of methoxy groups -OCH3 is 1. The highest BCUT2D eigenvalue weighted by atomic mass is 16.5. The number of carbonyl (C=O) groups is 5. The van der Waals surface area contributed by atoms with Crippen LogP contribution in [0.15, 0.2) is 53.6 Å². The number of hydrogen-bond donors (Lipinski definition) is 3. The van der Waals surface area contributed by atoms with E-state index < -0.39 is 35.1 Å². The lowest BCUT2D eigenvalue weighted by molar-refractivity contribution is -0.131. The molecular formula is C24H25N5O6. The van der Waals surface area contributed by atoms with Crippen molar-refractivity contribution in [3.05, 3.63) is 54.1 Å². The van der Waals surface area contributed by atoms with Crippen LogP contribution in [0, 0.1) is 11.3 Å². The number of carbonyl (C=O) groups excluding carboxylic acids is 5. The third-order valence-corrected chi connectivity index (χ3v) is 5.01. The number of ether oxygens (including phenoxy) is 1. The van der Waals surface area contributed by atoms with Crippen LogP contribution in [-0.4, -0.2) is 43.0 Å². The molecule has 182 valence electrons. The van der Waals surface area contributed by atoms with E-state index in [0.29, 0.717) is 11.4 Å². The minimum absolute atomic E-state index is 0.170. The summed E-state index contributed by atoms with van der Waals surface area (Å²) in [4.78, 5) is 62.5. The predicted molar refractivity (Wildman–Crippen MR) is 128 cm³/mol. The Bertz CT molecular complexity index is 1180. The highest BCUT2D eigenvalue weighted by Gasteiger charge is 2.40. The molecule has 2 aromatic rings. The minimum atomic E-state index is -1.43. The van der Waals surface area contributed by atoms with Gasteiger partial charge in [0.2, 0.25) is 11.8 Å². The zero-order valence-electron chi connectivity index (χ0n) is 19.6. The van der Waals surface area contributed by atoms with Gasteiger partial charge < -0.3 is 10.1 Å². The molecule has 35 heavy (non-hydrogen) atoms. The molecule has 1 aliphatic rings. The summed E-state index contributed by atoms with van der Waals surface area (Å²) < 4.78 is 5.06. The molecule has 1 fully saturated rings. The zero-order valence-corrected chi connectivity index (χ0v) is 19.6. The van der Waals surface area contributed by atoms with Gasteiger partial charge in [0.25, 0.3) is 11.8 Å². The van der Waals surface area contributed by atoms with Crippen molar-refractivity contribution in [3.8, 4) is 5.75 Å². The van der Waals surface area contributed by atoms with E-state index in [2.05, 4.69) is 21.2 Å². The normalized spacial score (nSPS) is 16.2. The average Bonchev–Trinajstić information content (AvgIpc) is 2.81. The molecule has 0 unspecified atom stereocenters. The molecule has 3 N–H and O–H groups in total. The van der Waals surface area contributed by atoms with E-state index in [1.807, 2.05) is 0 Å². The first-order valence-corrected chi connectivity index (χ1v) is 10.6. The lowest BCUT2D eigenvalue weighted by atomic mass is 9.95. The summed E-state index contributed by atoms with van der Waals surface area (Å²) in [6.07, 6.45) is 0.955. The van der Waals surface area contributed by atoms with Crippen LogP contribution in [-0.2, 0) is 14.4 Å². The number of anilines is 2. The van der Waals surface area contributed by atoms with Gasteiger partial charge in [-0.25, -0.2) is 15.1 Å². The van der Waals surface area contributed by atoms with E-state index >= 15 is 0 Å². The molecule has 0 saturated carbocycles. The molecule has 1 saturated heterocycles. The van der Waals surface area contributed by atoms with E-state index in [9.17, 15) is 24.0 Å². The summed E-state index contributed by atoms with van der Waals surface area (Å²) in [5, 5.41) is 8.57. The summed E-state index contributed by atoms with van der Waals surface area (Å²) in [6.45, 7) is 5.35. The SMILES string of the molecule is COc1ccc(N2C(=O)NC(=O)[C@H](/C=N\NC(=O)c3ccc(NC(=O)C(C)(C)C)cc3)C2=O)cc1. The lowest BCUT2D eigenvalue weighted by Crippen LogP contribution is -2.58. The van der Waals surface area contributed by atoms with Gasteiger partial charge in [0.15, 0.2) is 5.92 Å². The van der Waals surface area contributed by atoms with E-state index in [1.54, 1.807) is 45.0 Å². The summed E-state index contributed by atoms with van der Waals surface area (Å²) in [6, 6.07) is 11.3. The molecule has 0 radical (unpaired) electrons. The van der Waals surface area contributed by atoms with Crippen LogP contribution in [0.2, 0.25) is 0 Å². The molecule has 11 heteroatoms. The molecule has 0 aliphatic carbocycles. The maximum atomic E-state index is 12.8. The number of barbiturate groups is 1. The predicted octanol–water partition coefficient (Wildman–Crippen LogP) is 2.29. The molecule has 0 bridgehead atoms. The van der Waals surface area contributed by atoms with Gasteiger partial charge in [-0.15, -0.1) is 0 Å². The second-order valence-electron chi connectivity index (χ2n) is 8.64. The second kappa shape index (κ2) is 10.2. The number of nitrogens with one attached hydrogen (secondary N) is 3. The zero-order chi connectivity index (χ0) is 25.8. The van der Waals surface area contributed by atoms with Crippen LogP contribution in [0.4, 0.5) is 16.2 Å². The van der Waals surface area contributed by atoms with Crippen molar-refractivity contribution in [1.82, 2.24) is 10.7 Å². The highest BCUT2D eigenvalue weighted by Crippen LogP contribution is 2.23. The van der Waals surface area contributed by atoms with Gasteiger partial charge in [-0.1, -0.05) is 20.8 Å². The van der Waals surface area contributed by atoms with Gasteiger partial charge in [0.05, 0.1) is 12.8 Å². The topological polar surface area (TPSA) is 146 Å². The van der Waals surface area contributed by atoms with Crippen LogP contribution in [0.5, 0.6) is 5.75 Å². The van der Waals surface area contributed by atoms with Crippen LogP contribution < -0.4 is 25.7 Å². The summed E-state index contributed by atoms with van der Waals surface area (Å²) in [7, 11) is 1.48. The number of hydrogen-bond acceptors (Lipinski definition) is 7. The van der Waals surface area contributed by atoms with Crippen molar-refractivity contribution < 1.29 is 28.7 Å². The first-order valence-electron chi connectivity index (χ1n) is 10.6. The van der Waals surface area contributed by atoms with E-state index in [1.165, 1.54) is 31.4 Å². The van der Waals surface area contributed by atoms with E-state index in [-0.39, 0.29) is 17.2 Å². The smallest absolute Gasteiger partial charge is 0.335 e. The number of hydrazone groups is 1. The maximum Gasteiger partial charge on any atom is 0.335 e. The number of rotatable bonds is 6. The maximum absolute atomic E-state index is 12.8. The van der Waals surface area contributed by atoms with Crippen LogP contribution in [0.25, 0.3) is 0 Å². The number of urea groups is 1. The molecule has 6 amide bonds. The highest BCUT2D eigenvalue weighted by molar-refractivity contribution is 6.32. The third kappa shape index (κ3) is 5.88. The van der Waals surface area contributed by atoms with Crippen LogP contribution >= 0.6 is 0 Å². The molecular weight excluding hydrogens is 454 g/mol. The minimum Gasteiger partial charge on any atom is -0.497 e. The Labute approximate surface area is 201 Å². The average molecular weight is 479 g/mol. The summed E-state index contributed by atoms with van der Waals surface area (Å²) in [5.74, 6) is -3.34. The fourth-order valence-electron chi connectivity index (χ4n) is 2.96. The van der Waals surface area contributed by atoms with Crippen molar-refractivity contribution in [2.75, 3.05) is 17.3 Å². The number of amides is 6. The van der Waals surface area contributed by atoms with Gasteiger partial charge in [-0.3, -0.25) is 24.5 Å². The van der Waals surface area contributed by atoms with Gasteiger partial charge in [-0.05, 0) is 48.5 Å². The Hall–Kier alpha value is -4.54. The van der Waals surface area contributed by atoms with Gasteiger partial charge >= 0.3 is 6.03 Å². The third-order valence-electron chi connectivity index (χ3n) is 5.01. The van der Waals surface area contributed by atoms with Gasteiger partial charge in [-0.2, -0.15) is 5.10 Å². The number of benzene rings is 2. The van der Waals surface area contributed by atoms with E-state index in [0.717, 1.165) is 11.1 Å². The number of nitrogens with zero attached hydrogens (tertiary/aromatic N) is 2. The molecule has 1 aliphatic heterocycles. The van der Waals surface area contributed by atoms with Crippen molar-refractivity contribution in [2.45, 2.75) is 20.8 Å². The van der Waals surface area contributed by atoms with Gasteiger partial charge in [0.1, 0.15) is 5.75 Å². The fraction of sp³-hybridized carbons (Fsp3) is 0.250. The molecule has 0 spiro atoms. The van der Waals surface area contributed by atoms with Crippen LogP contribution in [0.3, 0.4) is 0 Å². The summed E-state index contributed by atoms with van der Waals surface area (Å²) in [5.41, 5.74) is 2.68. The first-order chi connectivity index (χ1) is 16.5. The van der Waals surface area contributed by atoms with Gasteiger partial charge in [0, 0.05) is 22.9 Å². The van der Waals surface area contributed by atoms with Crippen molar-refractivity contribution in [1.29, 1.82) is 0 Å². The Balaban J connectivity index is 1.65. The monoisotopic (exact) mass is 479 g/mol. The second-order valence-corrected chi connectivity index (χ2v) is 8.64. The van der Waals surface area contributed by atoms with Crippen molar-refractivity contribution in [3.63, 3.8) is 0 Å². The molecule has 0 aromatic heterocycles. The Morgan fingerprint density at radius 1 is 1.03 bits per heavy atom. The first kappa shape index (κ1) is 25.1. The van der Waals surface area contributed by atoms with Crippen molar-refractivity contribution in [2.24, 2.45) is 16.4 Å². The quantitative estimate of drug-likeness (QED) is 0.329. The number of imide groups is 2. The Morgan fingerprint density at radius 2 is 1.66 bits per heavy atom. The standard InChI is InChI=1S/C24H25N5O6/c1-24(2,3)22(33)26-15-7-5-14(6-8-15)19(30)28-25-13-18-20(31)27-23(34)29(21(18)32)16-9-11-17(35-4)12-10-16/h5-13,18H,1-4H3,(H,26,33)(H,28,30)(H,27,31,34)/b25-13-/t18-/m0/s1. The molecule has 3 rings (SSSR count). The van der Waals surface area contributed by atoms with E-state index in [4.69, 9.17) is 4.74 Å². The lowest BCUT2D eigenvalue weighted by Gasteiger charge is -2.28. The fourth-order valence-corrected chi connectivity index (χ4v) is 2.96. The Kier molecular flexibility index (Phi) is 7.28.